The minimum Gasteiger partial charge on any atom is -0.497 e. The van der Waals surface area contributed by atoms with Gasteiger partial charge < -0.3 is 19.7 Å². The molecule has 0 aromatic heterocycles. The van der Waals surface area contributed by atoms with Crippen LogP contribution in [-0.4, -0.2) is 59.4 Å². The van der Waals surface area contributed by atoms with Crippen molar-refractivity contribution in [2.75, 3.05) is 40.1 Å². The molecule has 0 atom stereocenters. The number of rotatable bonds is 11. The lowest BCUT2D eigenvalue weighted by molar-refractivity contribution is 0.382. The largest absolute Gasteiger partial charge is 0.497 e. The van der Waals surface area contributed by atoms with Crippen LogP contribution in [0.3, 0.4) is 0 Å². The second-order valence-corrected chi connectivity index (χ2v) is 9.38. The second-order valence-electron chi connectivity index (χ2n) is 7.20. The van der Waals surface area contributed by atoms with E-state index in [1.807, 2.05) is 67.4 Å². The van der Waals surface area contributed by atoms with E-state index in [1.54, 1.807) is 14.2 Å². The van der Waals surface area contributed by atoms with E-state index in [0.29, 0.717) is 19.5 Å². The Kier molecular flexibility index (Phi) is 9.65. The molecule has 0 amide bonds. The van der Waals surface area contributed by atoms with Crippen LogP contribution in [0.15, 0.2) is 53.5 Å². The number of benzene rings is 2. The summed E-state index contributed by atoms with van der Waals surface area (Å²) >= 11 is 0. The molecule has 0 unspecified atom stereocenters. The summed E-state index contributed by atoms with van der Waals surface area (Å²) in [6.07, 6.45) is 0.476. The Bertz CT molecular complexity index is 947. The molecule has 0 fully saturated rings. The molecule has 0 saturated carbocycles. The number of hydrogen-bond acceptors (Lipinski definition) is 5. The van der Waals surface area contributed by atoms with Gasteiger partial charge in [0.25, 0.3) is 0 Å². The molecular formula is C23H33N3O4S. The van der Waals surface area contributed by atoms with Crippen LogP contribution < -0.4 is 14.8 Å². The molecule has 0 saturated heterocycles. The summed E-state index contributed by atoms with van der Waals surface area (Å²) in [5.74, 6) is 2.38. The zero-order valence-electron chi connectivity index (χ0n) is 18.8. The fourth-order valence-corrected chi connectivity index (χ4v) is 4.57. The number of sulfone groups is 1. The smallest absolute Gasteiger partial charge is 0.193 e. The summed E-state index contributed by atoms with van der Waals surface area (Å²) in [5.41, 5.74) is 1.81. The topological polar surface area (TPSA) is 80.2 Å². The lowest BCUT2D eigenvalue weighted by atomic mass is 10.2. The minimum atomic E-state index is -3.16. The molecular weight excluding hydrogens is 414 g/mol. The summed E-state index contributed by atoms with van der Waals surface area (Å²) < 4.78 is 35.5. The normalized spacial score (nSPS) is 11.8. The van der Waals surface area contributed by atoms with Gasteiger partial charge in [0.15, 0.2) is 15.8 Å². The van der Waals surface area contributed by atoms with E-state index >= 15 is 0 Å². The molecule has 170 valence electrons. The average Bonchev–Trinajstić information content (AvgIpc) is 2.76. The molecule has 31 heavy (non-hydrogen) atoms. The van der Waals surface area contributed by atoms with Gasteiger partial charge in [-0.2, -0.15) is 0 Å². The Morgan fingerprint density at radius 3 is 2.48 bits per heavy atom. The lowest BCUT2D eigenvalue weighted by Gasteiger charge is -2.23. The van der Waals surface area contributed by atoms with Crippen molar-refractivity contribution in [3.05, 3.63) is 59.7 Å². The van der Waals surface area contributed by atoms with Crippen molar-refractivity contribution < 1.29 is 17.9 Å². The molecule has 0 heterocycles. The standard InChI is InChI=1S/C23H33N3O4S/c1-5-24-23(26(2)17-20-12-13-21(29-3)16-22(20)30-4)25-14-9-15-31(27,28)18-19-10-7-6-8-11-19/h6-8,10-13,16H,5,9,14-15,17-18H2,1-4H3,(H,24,25). The van der Waals surface area contributed by atoms with Crippen molar-refractivity contribution in [3.8, 4) is 11.5 Å². The van der Waals surface area contributed by atoms with E-state index in [9.17, 15) is 8.42 Å². The monoisotopic (exact) mass is 447 g/mol. The third kappa shape index (κ3) is 8.13. The van der Waals surface area contributed by atoms with E-state index in [1.165, 1.54) is 0 Å². The van der Waals surface area contributed by atoms with Crippen LogP contribution in [0.4, 0.5) is 0 Å². The van der Waals surface area contributed by atoms with E-state index in [-0.39, 0.29) is 11.5 Å². The van der Waals surface area contributed by atoms with Gasteiger partial charge in [-0.3, -0.25) is 4.99 Å². The molecule has 2 aromatic carbocycles. The molecule has 1 N–H and O–H groups in total. The predicted octanol–water partition coefficient (Wildman–Crippen LogP) is 3.11. The van der Waals surface area contributed by atoms with Crippen molar-refractivity contribution >= 4 is 15.8 Å². The van der Waals surface area contributed by atoms with Crippen LogP contribution in [0.1, 0.15) is 24.5 Å². The van der Waals surface area contributed by atoms with Gasteiger partial charge in [0.05, 0.1) is 25.7 Å². The number of nitrogens with zero attached hydrogens (tertiary/aromatic N) is 2. The first kappa shape index (κ1) is 24.5. The highest BCUT2D eigenvalue weighted by Gasteiger charge is 2.13. The van der Waals surface area contributed by atoms with Gasteiger partial charge in [0, 0.05) is 38.3 Å². The maximum absolute atomic E-state index is 12.4. The van der Waals surface area contributed by atoms with Gasteiger partial charge in [-0.1, -0.05) is 30.3 Å². The van der Waals surface area contributed by atoms with Crippen LogP contribution in [0.2, 0.25) is 0 Å². The Labute approximate surface area is 186 Å². The Morgan fingerprint density at radius 2 is 1.84 bits per heavy atom. The fourth-order valence-electron chi connectivity index (χ4n) is 3.15. The molecule has 0 bridgehead atoms. The van der Waals surface area contributed by atoms with Gasteiger partial charge in [0.2, 0.25) is 0 Å². The SMILES string of the molecule is CCNC(=NCCCS(=O)(=O)Cc1ccccc1)N(C)Cc1ccc(OC)cc1OC. The van der Waals surface area contributed by atoms with Crippen LogP contribution in [0, 0.1) is 0 Å². The highest BCUT2D eigenvalue weighted by molar-refractivity contribution is 7.90. The summed E-state index contributed by atoms with van der Waals surface area (Å²) in [6.45, 7) is 3.74. The Morgan fingerprint density at radius 1 is 1.10 bits per heavy atom. The van der Waals surface area contributed by atoms with Gasteiger partial charge in [0.1, 0.15) is 11.5 Å². The molecule has 2 aromatic rings. The van der Waals surface area contributed by atoms with E-state index in [0.717, 1.165) is 35.1 Å². The van der Waals surface area contributed by atoms with Gasteiger partial charge in [-0.05, 0) is 31.0 Å². The van der Waals surface area contributed by atoms with E-state index < -0.39 is 9.84 Å². The molecule has 2 rings (SSSR count). The lowest BCUT2D eigenvalue weighted by Crippen LogP contribution is -2.38. The van der Waals surface area contributed by atoms with Crippen LogP contribution in [-0.2, 0) is 22.1 Å². The van der Waals surface area contributed by atoms with Crippen LogP contribution in [0.5, 0.6) is 11.5 Å². The number of hydrogen-bond donors (Lipinski definition) is 1. The van der Waals surface area contributed by atoms with Gasteiger partial charge in [-0.15, -0.1) is 0 Å². The maximum atomic E-state index is 12.4. The number of nitrogens with one attached hydrogen (secondary N) is 1. The summed E-state index contributed by atoms with van der Waals surface area (Å²) in [4.78, 5) is 6.60. The van der Waals surface area contributed by atoms with Gasteiger partial charge >= 0.3 is 0 Å². The molecule has 0 aliphatic rings. The Hall–Kier alpha value is -2.74. The van der Waals surface area contributed by atoms with Crippen molar-refractivity contribution in [2.45, 2.75) is 25.6 Å². The van der Waals surface area contributed by atoms with Crippen molar-refractivity contribution in [1.29, 1.82) is 0 Å². The van der Waals surface area contributed by atoms with E-state index in [2.05, 4.69) is 10.3 Å². The first-order valence-corrected chi connectivity index (χ1v) is 12.2. The number of guanidine groups is 1. The summed E-state index contributed by atoms with van der Waals surface area (Å²) in [6, 6.07) is 15.0. The summed E-state index contributed by atoms with van der Waals surface area (Å²) in [7, 11) is 2.03. The highest BCUT2D eigenvalue weighted by Crippen LogP contribution is 2.25. The molecule has 0 aliphatic heterocycles. The predicted molar refractivity (Wildman–Crippen MR) is 126 cm³/mol. The van der Waals surface area contributed by atoms with Gasteiger partial charge in [-0.25, -0.2) is 8.42 Å². The summed E-state index contributed by atoms with van der Waals surface area (Å²) in [5, 5.41) is 3.26. The first-order valence-electron chi connectivity index (χ1n) is 10.3. The number of ether oxygens (including phenoxy) is 2. The average molecular weight is 448 g/mol. The zero-order valence-corrected chi connectivity index (χ0v) is 19.6. The van der Waals surface area contributed by atoms with Crippen molar-refractivity contribution in [1.82, 2.24) is 10.2 Å². The number of aliphatic imine (C=N–C) groups is 1. The second kappa shape index (κ2) is 12.2. The van der Waals surface area contributed by atoms with Crippen molar-refractivity contribution in [2.24, 2.45) is 4.99 Å². The van der Waals surface area contributed by atoms with Crippen LogP contribution >= 0.6 is 0 Å². The quantitative estimate of drug-likeness (QED) is 0.324. The molecule has 0 aliphatic carbocycles. The number of methoxy groups -OCH3 is 2. The van der Waals surface area contributed by atoms with Crippen molar-refractivity contribution in [3.63, 3.8) is 0 Å². The minimum absolute atomic E-state index is 0.0643. The van der Waals surface area contributed by atoms with E-state index in [4.69, 9.17) is 9.47 Å². The third-order valence-corrected chi connectivity index (χ3v) is 6.39. The third-order valence-electron chi connectivity index (χ3n) is 4.70. The Balaban J connectivity index is 1.96. The molecule has 0 spiro atoms. The highest BCUT2D eigenvalue weighted by atomic mass is 32.2. The molecule has 8 heteroatoms. The zero-order chi connectivity index (χ0) is 22.7. The fraction of sp³-hybridized carbons (Fsp3) is 0.435. The molecule has 7 nitrogen and oxygen atoms in total. The maximum Gasteiger partial charge on any atom is 0.193 e. The molecule has 0 radical (unpaired) electrons. The van der Waals surface area contributed by atoms with Crippen LogP contribution in [0.25, 0.3) is 0 Å². The first-order chi connectivity index (χ1) is 14.9.